The highest BCUT2D eigenvalue weighted by Gasteiger charge is 2.27. The highest BCUT2D eigenvalue weighted by Crippen LogP contribution is 2.20. The van der Waals surface area contributed by atoms with Gasteiger partial charge in [0.25, 0.3) is 5.91 Å². The molecule has 0 aliphatic carbocycles. The van der Waals surface area contributed by atoms with Crippen molar-refractivity contribution in [1.82, 2.24) is 9.88 Å². The Morgan fingerprint density at radius 3 is 2.68 bits per heavy atom. The van der Waals surface area contributed by atoms with Crippen LogP contribution in [0.5, 0.6) is 0 Å². The van der Waals surface area contributed by atoms with Gasteiger partial charge in [0, 0.05) is 26.8 Å². The van der Waals surface area contributed by atoms with E-state index in [1.807, 2.05) is 36.0 Å². The number of rotatable bonds is 3. The first-order chi connectivity index (χ1) is 9.00. The van der Waals surface area contributed by atoms with Gasteiger partial charge in [0.15, 0.2) is 0 Å². The molecule has 1 atom stereocenters. The minimum absolute atomic E-state index is 0.0570. The van der Waals surface area contributed by atoms with Crippen molar-refractivity contribution in [3.8, 4) is 0 Å². The van der Waals surface area contributed by atoms with Crippen LogP contribution in [0.4, 0.5) is 5.82 Å². The zero-order valence-corrected chi connectivity index (χ0v) is 12.0. The Morgan fingerprint density at radius 1 is 1.42 bits per heavy atom. The molecular formula is C15H21N3O. The summed E-state index contributed by atoms with van der Waals surface area (Å²) in [6.45, 7) is 4.96. The molecule has 1 amide bonds. The molecule has 1 aromatic rings. The van der Waals surface area contributed by atoms with E-state index in [1.165, 1.54) is 0 Å². The minimum Gasteiger partial charge on any atom is -0.363 e. The molecule has 0 bridgehead atoms. The Hall–Kier alpha value is -1.84. The average Bonchev–Trinajstić information content (AvgIpc) is 2.87. The van der Waals surface area contributed by atoms with Gasteiger partial charge in [0.1, 0.15) is 5.82 Å². The van der Waals surface area contributed by atoms with Gasteiger partial charge in [-0.1, -0.05) is 26.0 Å². The van der Waals surface area contributed by atoms with Gasteiger partial charge in [-0.3, -0.25) is 4.79 Å². The maximum absolute atomic E-state index is 12.5. The third-order valence-corrected chi connectivity index (χ3v) is 3.39. The summed E-state index contributed by atoms with van der Waals surface area (Å²) >= 11 is 0. The van der Waals surface area contributed by atoms with E-state index in [2.05, 4.69) is 31.0 Å². The van der Waals surface area contributed by atoms with Gasteiger partial charge in [-0.2, -0.15) is 0 Å². The Labute approximate surface area is 114 Å². The molecule has 0 saturated heterocycles. The zero-order valence-electron chi connectivity index (χ0n) is 12.0. The second-order valence-corrected chi connectivity index (χ2v) is 5.42. The number of pyridine rings is 1. The van der Waals surface area contributed by atoms with Crippen molar-refractivity contribution in [1.29, 1.82) is 0 Å². The maximum Gasteiger partial charge on any atom is 0.256 e. The molecule has 1 aliphatic rings. The molecule has 1 aromatic heterocycles. The molecule has 0 spiro atoms. The van der Waals surface area contributed by atoms with E-state index in [-0.39, 0.29) is 11.9 Å². The normalized spacial score (nSPS) is 18.2. The summed E-state index contributed by atoms with van der Waals surface area (Å²) in [5.41, 5.74) is 0.653. The summed E-state index contributed by atoms with van der Waals surface area (Å²) in [7, 11) is 3.87. The van der Waals surface area contributed by atoms with Gasteiger partial charge in [-0.15, -0.1) is 0 Å². The van der Waals surface area contributed by atoms with E-state index in [1.54, 1.807) is 6.20 Å². The van der Waals surface area contributed by atoms with Gasteiger partial charge < -0.3 is 9.80 Å². The minimum atomic E-state index is 0.0570. The molecule has 0 fully saturated rings. The smallest absolute Gasteiger partial charge is 0.256 e. The van der Waals surface area contributed by atoms with Crippen molar-refractivity contribution in [2.45, 2.75) is 19.9 Å². The van der Waals surface area contributed by atoms with E-state index < -0.39 is 0 Å². The second-order valence-electron chi connectivity index (χ2n) is 5.42. The molecule has 1 aliphatic heterocycles. The molecule has 0 N–H and O–H groups in total. The third kappa shape index (κ3) is 2.78. The van der Waals surface area contributed by atoms with Crippen LogP contribution in [0.1, 0.15) is 24.2 Å². The lowest BCUT2D eigenvalue weighted by Gasteiger charge is -2.27. The highest BCUT2D eigenvalue weighted by molar-refractivity contribution is 5.94. The van der Waals surface area contributed by atoms with Crippen molar-refractivity contribution in [3.05, 3.63) is 36.0 Å². The van der Waals surface area contributed by atoms with Crippen LogP contribution in [0.25, 0.3) is 0 Å². The molecule has 19 heavy (non-hydrogen) atoms. The number of hydrogen-bond donors (Lipinski definition) is 0. The fourth-order valence-electron chi connectivity index (χ4n) is 2.28. The van der Waals surface area contributed by atoms with Crippen molar-refractivity contribution < 1.29 is 4.79 Å². The summed E-state index contributed by atoms with van der Waals surface area (Å²) in [5, 5.41) is 0. The molecule has 4 heteroatoms. The summed E-state index contributed by atoms with van der Waals surface area (Å²) in [6, 6.07) is 3.92. The van der Waals surface area contributed by atoms with Crippen molar-refractivity contribution in [2.75, 3.05) is 25.5 Å². The predicted molar refractivity (Wildman–Crippen MR) is 77.4 cm³/mol. The quantitative estimate of drug-likeness (QED) is 0.781. The molecule has 0 radical (unpaired) electrons. The van der Waals surface area contributed by atoms with Gasteiger partial charge in [-0.25, -0.2) is 4.98 Å². The van der Waals surface area contributed by atoms with E-state index in [0.29, 0.717) is 18.0 Å². The van der Waals surface area contributed by atoms with Crippen LogP contribution < -0.4 is 4.90 Å². The van der Waals surface area contributed by atoms with E-state index >= 15 is 0 Å². The first-order valence-corrected chi connectivity index (χ1v) is 6.61. The second kappa shape index (κ2) is 5.43. The van der Waals surface area contributed by atoms with E-state index in [0.717, 1.165) is 5.82 Å². The number of aromatic nitrogens is 1. The van der Waals surface area contributed by atoms with Crippen LogP contribution in [0.2, 0.25) is 0 Å². The van der Waals surface area contributed by atoms with E-state index in [4.69, 9.17) is 0 Å². The molecule has 0 saturated carbocycles. The molecule has 2 heterocycles. The number of amides is 1. The largest absolute Gasteiger partial charge is 0.363 e. The summed E-state index contributed by atoms with van der Waals surface area (Å²) < 4.78 is 0. The SMILES string of the molecule is CC(C)C1C=CCN1C(=O)c1ccc(N(C)C)nc1. The topological polar surface area (TPSA) is 36.4 Å². The van der Waals surface area contributed by atoms with E-state index in [9.17, 15) is 4.79 Å². The Balaban J connectivity index is 2.16. The van der Waals surface area contributed by atoms with Gasteiger partial charge in [-0.05, 0) is 18.1 Å². The fraction of sp³-hybridized carbons (Fsp3) is 0.467. The zero-order chi connectivity index (χ0) is 14.0. The van der Waals surface area contributed by atoms with Crippen LogP contribution in [-0.2, 0) is 0 Å². The molecule has 1 unspecified atom stereocenters. The first-order valence-electron chi connectivity index (χ1n) is 6.61. The van der Waals surface area contributed by atoms with Gasteiger partial charge in [0.05, 0.1) is 11.6 Å². The van der Waals surface area contributed by atoms with Crippen molar-refractivity contribution >= 4 is 11.7 Å². The molecule has 0 aromatic carbocycles. The standard InChI is InChI=1S/C15H21N3O/c1-11(2)13-6-5-9-18(13)15(19)12-7-8-14(16-10-12)17(3)4/h5-8,10-11,13H,9H2,1-4H3. The maximum atomic E-state index is 12.5. The summed E-state index contributed by atoms with van der Waals surface area (Å²) in [5.74, 6) is 1.34. The lowest BCUT2D eigenvalue weighted by Crippen LogP contribution is -2.39. The van der Waals surface area contributed by atoms with Gasteiger partial charge >= 0.3 is 0 Å². The first kappa shape index (κ1) is 13.6. The average molecular weight is 259 g/mol. The van der Waals surface area contributed by atoms with Crippen molar-refractivity contribution in [3.63, 3.8) is 0 Å². The molecule has 2 rings (SSSR count). The van der Waals surface area contributed by atoms with Crippen LogP contribution in [0.15, 0.2) is 30.5 Å². The number of nitrogens with zero attached hydrogens (tertiary/aromatic N) is 3. The highest BCUT2D eigenvalue weighted by atomic mass is 16.2. The summed E-state index contributed by atoms with van der Waals surface area (Å²) in [6.07, 6.45) is 5.84. The molecule has 102 valence electrons. The monoisotopic (exact) mass is 259 g/mol. The summed E-state index contributed by atoms with van der Waals surface area (Å²) in [4.78, 5) is 20.6. The Morgan fingerprint density at radius 2 is 2.16 bits per heavy atom. The van der Waals surface area contributed by atoms with Crippen molar-refractivity contribution in [2.24, 2.45) is 5.92 Å². The number of carbonyl (C=O) groups is 1. The predicted octanol–water partition coefficient (Wildman–Crippen LogP) is 2.18. The van der Waals surface area contributed by atoms with Crippen LogP contribution in [-0.4, -0.2) is 42.5 Å². The lowest BCUT2D eigenvalue weighted by molar-refractivity contribution is 0.0720. The number of anilines is 1. The van der Waals surface area contributed by atoms with Gasteiger partial charge in [0.2, 0.25) is 0 Å². The van der Waals surface area contributed by atoms with Crippen LogP contribution >= 0.6 is 0 Å². The number of carbonyl (C=O) groups excluding carboxylic acids is 1. The fourth-order valence-corrected chi connectivity index (χ4v) is 2.28. The molecular weight excluding hydrogens is 238 g/mol. The van der Waals surface area contributed by atoms with Crippen LogP contribution in [0, 0.1) is 5.92 Å². The Kier molecular flexibility index (Phi) is 3.88. The Bertz CT molecular complexity index is 477. The number of hydrogen-bond acceptors (Lipinski definition) is 3. The molecule has 4 nitrogen and oxygen atoms in total. The third-order valence-electron chi connectivity index (χ3n) is 3.39. The lowest BCUT2D eigenvalue weighted by atomic mass is 10.0. The van der Waals surface area contributed by atoms with Crippen LogP contribution in [0.3, 0.4) is 0 Å².